The van der Waals surface area contributed by atoms with Crippen LogP contribution in [-0.2, 0) is 6.42 Å². The fourth-order valence-corrected chi connectivity index (χ4v) is 3.03. The van der Waals surface area contributed by atoms with E-state index in [1.807, 2.05) is 24.9 Å². The second-order valence-corrected chi connectivity index (χ2v) is 6.23. The van der Waals surface area contributed by atoms with E-state index in [0.29, 0.717) is 6.04 Å². The minimum atomic E-state index is 0.0356. The number of aryl methyl sites for hydroxylation is 2. The Hall–Kier alpha value is -1.27. The molecule has 1 N–H and O–H groups in total. The largest absolute Gasteiger partial charge is 0.308 e. The van der Waals surface area contributed by atoms with E-state index in [1.165, 1.54) is 0 Å². The number of rotatable bonds is 5. The molecule has 0 bridgehead atoms. The topological polar surface area (TPSA) is 55.6 Å². The van der Waals surface area contributed by atoms with Gasteiger partial charge in [-0.3, -0.25) is 4.68 Å². The molecule has 2 heterocycles. The summed E-state index contributed by atoms with van der Waals surface area (Å²) in [5.41, 5.74) is 4.22. The molecular formula is C15H22BrN5. The summed E-state index contributed by atoms with van der Waals surface area (Å²) in [6.45, 7) is 8.33. The van der Waals surface area contributed by atoms with Crippen molar-refractivity contribution in [1.29, 1.82) is 0 Å². The maximum atomic E-state index is 4.48. The minimum absolute atomic E-state index is 0.0356. The predicted octanol–water partition coefficient (Wildman–Crippen LogP) is 3.20. The molecular weight excluding hydrogens is 330 g/mol. The molecule has 0 saturated carbocycles. The Morgan fingerprint density at radius 3 is 2.62 bits per heavy atom. The van der Waals surface area contributed by atoms with Crippen molar-refractivity contribution in [2.75, 3.05) is 7.05 Å². The summed E-state index contributed by atoms with van der Waals surface area (Å²) in [6, 6.07) is 2.44. The summed E-state index contributed by atoms with van der Waals surface area (Å²) < 4.78 is 3.05. The van der Waals surface area contributed by atoms with Gasteiger partial charge in [0.15, 0.2) is 0 Å². The molecule has 2 aromatic heterocycles. The van der Waals surface area contributed by atoms with Crippen LogP contribution >= 0.6 is 15.9 Å². The van der Waals surface area contributed by atoms with E-state index in [2.05, 4.69) is 63.4 Å². The van der Waals surface area contributed by atoms with Crippen molar-refractivity contribution < 1.29 is 0 Å². The molecule has 114 valence electrons. The molecule has 0 saturated heterocycles. The van der Waals surface area contributed by atoms with Gasteiger partial charge in [-0.05, 0) is 56.2 Å². The SMILES string of the molecule is CCc1nnc(C)cc1C(NC)c1c(Br)cnn1C(C)C. The van der Waals surface area contributed by atoms with Crippen LogP contribution in [0.3, 0.4) is 0 Å². The van der Waals surface area contributed by atoms with Crippen molar-refractivity contribution in [2.24, 2.45) is 0 Å². The van der Waals surface area contributed by atoms with E-state index in [-0.39, 0.29) is 6.04 Å². The lowest BCUT2D eigenvalue weighted by Gasteiger charge is -2.22. The second-order valence-electron chi connectivity index (χ2n) is 5.38. The monoisotopic (exact) mass is 351 g/mol. The van der Waals surface area contributed by atoms with Crippen molar-refractivity contribution in [3.8, 4) is 0 Å². The third kappa shape index (κ3) is 3.16. The predicted molar refractivity (Wildman–Crippen MR) is 87.4 cm³/mol. The first-order valence-electron chi connectivity index (χ1n) is 7.22. The Morgan fingerprint density at radius 1 is 1.33 bits per heavy atom. The zero-order valence-corrected chi connectivity index (χ0v) is 14.8. The van der Waals surface area contributed by atoms with Gasteiger partial charge in [0.2, 0.25) is 0 Å². The van der Waals surface area contributed by atoms with Crippen molar-refractivity contribution in [1.82, 2.24) is 25.3 Å². The van der Waals surface area contributed by atoms with Crippen LogP contribution in [0.5, 0.6) is 0 Å². The fraction of sp³-hybridized carbons (Fsp3) is 0.533. The Balaban J connectivity index is 2.60. The maximum absolute atomic E-state index is 4.48. The summed E-state index contributed by atoms with van der Waals surface area (Å²) in [6.07, 6.45) is 2.71. The molecule has 1 atom stereocenters. The van der Waals surface area contributed by atoms with Gasteiger partial charge in [0.25, 0.3) is 0 Å². The highest BCUT2D eigenvalue weighted by molar-refractivity contribution is 9.10. The lowest BCUT2D eigenvalue weighted by molar-refractivity contribution is 0.481. The Bertz CT molecular complexity index is 621. The standard InChI is InChI=1S/C15H22BrN5/c1-6-13-11(7-10(4)19-20-13)14(17-5)15-12(16)8-18-21(15)9(2)3/h7-9,14,17H,6H2,1-5H3. The summed E-state index contributed by atoms with van der Waals surface area (Å²) >= 11 is 3.63. The van der Waals surface area contributed by atoms with E-state index >= 15 is 0 Å². The molecule has 21 heavy (non-hydrogen) atoms. The number of hydrogen-bond acceptors (Lipinski definition) is 4. The lowest BCUT2D eigenvalue weighted by Crippen LogP contribution is -2.24. The molecule has 0 radical (unpaired) electrons. The Morgan fingerprint density at radius 2 is 2.05 bits per heavy atom. The molecule has 0 amide bonds. The molecule has 0 aliphatic rings. The minimum Gasteiger partial charge on any atom is -0.308 e. The normalized spacial score (nSPS) is 12.9. The van der Waals surface area contributed by atoms with E-state index < -0.39 is 0 Å². The molecule has 2 aromatic rings. The van der Waals surface area contributed by atoms with Gasteiger partial charge in [0.05, 0.1) is 33.8 Å². The van der Waals surface area contributed by atoms with E-state index in [9.17, 15) is 0 Å². The molecule has 1 unspecified atom stereocenters. The first-order chi connectivity index (χ1) is 9.99. The van der Waals surface area contributed by atoms with E-state index in [4.69, 9.17) is 0 Å². The number of nitrogens with one attached hydrogen (secondary N) is 1. The third-order valence-corrected chi connectivity index (χ3v) is 4.12. The van der Waals surface area contributed by atoms with Crippen molar-refractivity contribution in [2.45, 2.75) is 46.2 Å². The van der Waals surface area contributed by atoms with Gasteiger partial charge in [-0.1, -0.05) is 6.92 Å². The average Bonchev–Trinajstić information content (AvgIpc) is 2.82. The van der Waals surface area contributed by atoms with Crippen molar-refractivity contribution >= 4 is 15.9 Å². The van der Waals surface area contributed by atoms with Crippen LogP contribution in [0.25, 0.3) is 0 Å². The average molecular weight is 352 g/mol. The van der Waals surface area contributed by atoms with Gasteiger partial charge in [-0.15, -0.1) is 0 Å². The van der Waals surface area contributed by atoms with Gasteiger partial charge in [-0.2, -0.15) is 15.3 Å². The maximum Gasteiger partial charge on any atom is 0.0776 e. The van der Waals surface area contributed by atoms with Gasteiger partial charge in [0, 0.05) is 11.6 Å². The first-order valence-corrected chi connectivity index (χ1v) is 8.02. The van der Waals surface area contributed by atoms with E-state index in [0.717, 1.165) is 33.5 Å². The zero-order valence-electron chi connectivity index (χ0n) is 13.2. The van der Waals surface area contributed by atoms with E-state index in [1.54, 1.807) is 0 Å². The molecule has 0 spiro atoms. The Kier molecular flexibility index (Phi) is 5.11. The van der Waals surface area contributed by atoms with Gasteiger partial charge in [-0.25, -0.2) is 0 Å². The molecule has 6 heteroatoms. The summed E-state index contributed by atoms with van der Waals surface area (Å²) in [5, 5.41) is 16.4. The fourth-order valence-electron chi connectivity index (χ4n) is 2.53. The molecule has 0 fully saturated rings. The first kappa shape index (κ1) is 16.1. The number of halogens is 1. The highest BCUT2D eigenvalue weighted by Crippen LogP contribution is 2.31. The van der Waals surface area contributed by atoms with Crippen LogP contribution in [0, 0.1) is 6.92 Å². The van der Waals surface area contributed by atoms with Crippen LogP contribution in [0.2, 0.25) is 0 Å². The van der Waals surface area contributed by atoms with Crippen LogP contribution in [0.15, 0.2) is 16.7 Å². The third-order valence-electron chi connectivity index (χ3n) is 3.51. The van der Waals surface area contributed by atoms with Crippen molar-refractivity contribution in [3.63, 3.8) is 0 Å². The van der Waals surface area contributed by atoms with Gasteiger partial charge in [0.1, 0.15) is 0 Å². The molecule has 0 aliphatic carbocycles. The van der Waals surface area contributed by atoms with Crippen molar-refractivity contribution in [3.05, 3.63) is 39.4 Å². The molecule has 0 aromatic carbocycles. The van der Waals surface area contributed by atoms with Crippen LogP contribution < -0.4 is 5.32 Å². The summed E-state index contributed by atoms with van der Waals surface area (Å²) in [4.78, 5) is 0. The number of nitrogens with zero attached hydrogens (tertiary/aromatic N) is 4. The summed E-state index contributed by atoms with van der Waals surface area (Å²) in [7, 11) is 1.96. The smallest absolute Gasteiger partial charge is 0.0776 e. The van der Waals surface area contributed by atoms with Gasteiger partial charge >= 0.3 is 0 Å². The number of hydrogen-bond donors (Lipinski definition) is 1. The molecule has 2 rings (SSSR count). The highest BCUT2D eigenvalue weighted by atomic mass is 79.9. The molecule has 0 aliphatic heterocycles. The van der Waals surface area contributed by atoms with Gasteiger partial charge < -0.3 is 5.32 Å². The summed E-state index contributed by atoms with van der Waals surface area (Å²) in [5.74, 6) is 0. The second kappa shape index (κ2) is 6.66. The van der Waals surface area contributed by atoms with Crippen LogP contribution in [0.4, 0.5) is 0 Å². The quantitative estimate of drug-likeness (QED) is 0.898. The molecule has 5 nitrogen and oxygen atoms in total. The van der Waals surface area contributed by atoms with Crippen LogP contribution in [-0.4, -0.2) is 27.0 Å². The highest BCUT2D eigenvalue weighted by Gasteiger charge is 2.24. The Labute approximate surface area is 134 Å². The number of aromatic nitrogens is 4. The van der Waals surface area contributed by atoms with Crippen LogP contribution in [0.1, 0.15) is 55.5 Å². The zero-order chi connectivity index (χ0) is 15.6. The lowest BCUT2D eigenvalue weighted by atomic mass is 10.00.